The first-order valence-electron chi connectivity index (χ1n) is 7.33. The molecular formula is C15H24FN3O. The number of ether oxygens (including phenoxy) is 1. The topological polar surface area (TPSA) is 37.4 Å². The van der Waals surface area contributed by atoms with Gasteiger partial charge in [-0.15, -0.1) is 0 Å². The lowest BCUT2D eigenvalue weighted by Gasteiger charge is -2.29. The Morgan fingerprint density at radius 2 is 2.35 bits per heavy atom. The maximum atomic E-state index is 13.4. The van der Waals surface area contributed by atoms with Crippen LogP contribution in [-0.4, -0.2) is 37.3 Å². The van der Waals surface area contributed by atoms with E-state index in [0.717, 1.165) is 37.4 Å². The van der Waals surface area contributed by atoms with Crippen molar-refractivity contribution < 1.29 is 9.13 Å². The van der Waals surface area contributed by atoms with Crippen LogP contribution in [0.25, 0.3) is 0 Å². The number of hydrogen-bond donors (Lipinski definition) is 1. The fourth-order valence-corrected chi connectivity index (χ4v) is 2.71. The van der Waals surface area contributed by atoms with Gasteiger partial charge in [0, 0.05) is 25.8 Å². The quantitative estimate of drug-likeness (QED) is 0.812. The Labute approximate surface area is 120 Å². The molecule has 5 heteroatoms. The van der Waals surface area contributed by atoms with Crippen LogP contribution >= 0.6 is 0 Å². The average molecular weight is 281 g/mol. The predicted molar refractivity (Wildman–Crippen MR) is 78.4 cm³/mol. The number of aromatic nitrogens is 1. The molecule has 0 saturated carbocycles. The monoisotopic (exact) mass is 281 g/mol. The Bertz CT molecular complexity index is 441. The first-order chi connectivity index (χ1) is 9.63. The van der Waals surface area contributed by atoms with Crippen molar-refractivity contribution in [3.05, 3.63) is 23.6 Å². The van der Waals surface area contributed by atoms with Gasteiger partial charge in [0.15, 0.2) is 0 Å². The summed E-state index contributed by atoms with van der Waals surface area (Å²) in [5.74, 6) is 0.559. The molecule has 2 heterocycles. The maximum absolute atomic E-state index is 13.4. The van der Waals surface area contributed by atoms with E-state index in [2.05, 4.69) is 29.0 Å². The van der Waals surface area contributed by atoms with E-state index in [0.29, 0.717) is 12.6 Å². The van der Waals surface area contributed by atoms with Gasteiger partial charge in [-0.2, -0.15) is 0 Å². The number of rotatable bonds is 6. The van der Waals surface area contributed by atoms with Gasteiger partial charge in [0.2, 0.25) is 0 Å². The summed E-state index contributed by atoms with van der Waals surface area (Å²) in [4.78, 5) is 6.42. The van der Waals surface area contributed by atoms with Crippen LogP contribution in [0.4, 0.5) is 10.2 Å². The largest absolute Gasteiger partial charge is 0.376 e. The van der Waals surface area contributed by atoms with Crippen LogP contribution in [0, 0.1) is 5.82 Å². The van der Waals surface area contributed by atoms with Crippen LogP contribution in [-0.2, 0) is 11.3 Å². The smallest absolute Gasteiger partial charge is 0.141 e. The summed E-state index contributed by atoms with van der Waals surface area (Å²) < 4.78 is 19.1. The Balaban J connectivity index is 2.16. The molecule has 1 aliphatic heterocycles. The lowest BCUT2D eigenvalue weighted by molar-refractivity contribution is 0.118. The number of nitrogens with one attached hydrogen (secondary N) is 1. The van der Waals surface area contributed by atoms with Gasteiger partial charge in [0.05, 0.1) is 18.3 Å². The van der Waals surface area contributed by atoms with Gasteiger partial charge in [0.1, 0.15) is 11.6 Å². The Morgan fingerprint density at radius 3 is 3.00 bits per heavy atom. The molecule has 1 N–H and O–H groups in total. The van der Waals surface area contributed by atoms with E-state index in [4.69, 9.17) is 4.74 Å². The number of pyridine rings is 1. The lowest BCUT2D eigenvalue weighted by Crippen LogP contribution is -2.38. The van der Waals surface area contributed by atoms with Crippen molar-refractivity contribution in [2.24, 2.45) is 0 Å². The highest BCUT2D eigenvalue weighted by atomic mass is 19.1. The molecule has 1 fully saturated rings. The van der Waals surface area contributed by atoms with Crippen LogP contribution in [0.15, 0.2) is 12.3 Å². The van der Waals surface area contributed by atoms with Gasteiger partial charge < -0.3 is 15.0 Å². The van der Waals surface area contributed by atoms with E-state index < -0.39 is 0 Å². The van der Waals surface area contributed by atoms with Crippen LogP contribution < -0.4 is 10.2 Å². The van der Waals surface area contributed by atoms with Gasteiger partial charge in [-0.3, -0.25) is 0 Å². The highest BCUT2D eigenvalue weighted by Gasteiger charge is 2.29. The highest BCUT2D eigenvalue weighted by molar-refractivity contribution is 5.47. The molecular weight excluding hydrogens is 257 g/mol. The summed E-state index contributed by atoms with van der Waals surface area (Å²) >= 11 is 0. The molecule has 1 saturated heterocycles. The number of nitrogens with zero attached hydrogens (tertiary/aromatic N) is 2. The number of anilines is 1. The average Bonchev–Trinajstić information content (AvgIpc) is 2.85. The maximum Gasteiger partial charge on any atom is 0.141 e. The van der Waals surface area contributed by atoms with Gasteiger partial charge in [-0.1, -0.05) is 6.92 Å². The van der Waals surface area contributed by atoms with Crippen molar-refractivity contribution in [3.8, 4) is 0 Å². The Hall–Kier alpha value is -1.20. The van der Waals surface area contributed by atoms with Crippen molar-refractivity contribution in [3.63, 3.8) is 0 Å². The molecule has 112 valence electrons. The third kappa shape index (κ3) is 3.46. The van der Waals surface area contributed by atoms with Crippen molar-refractivity contribution in [1.29, 1.82) is 0 Å². The molecule has 0 amide bonds. The Kier molecular flexibility index (Phi) is 5.31. The van der Waals surface area contributed by atoms with Gasteiger partial charge in [0.25, 0.3) is 0 Å². The number of halogens is 1. The second-order valence-corrected chi connectivity index (χ2v) is 5.36. The standard InChI is InChI=1S/C15H24FN3O/c1-4-6-17-9-12-8-13(16)10-18-15(12)19(3)14-5-7-20-11(14)2/h8,10-11,14,17H,4-7,9H2,1-3H3. The minimum Gasteiger partial charge on any atom is -0.376 e. The summed E-state index contributed by atoms with van der Waals surface area (Å²) in [6, 6.07) is 1.87. The molecule has 4 nitrogen and oxygen atoms in total. The molecule has 0 aromatic carbocycles. The van der Waals surface area contributed by atoms with Crippen molar-refractivity contribution in [1.82, 2.24) is 10.3 Å². The van der Waals surface area contributed by atoms with Crippen molar-refractivity contribution >= 4 is 5.82 Å². The summed E-state index contributed by atoms with van der Waals surface area (Å²) in [7, 11) is 2.01. The zero-order chi connectivity index (χ0) is 14.5. The van der Waals surface area contributed by atoms with Crippen LogP contribution in [0.1, 0.15) is 32.3 Å². The fraction of sp³-hybridized carbons (Fsp3) is 0.667. The molecule has 0 aliphatic carbocycles. The summed E-state index contributed by atoms with van der Waals surface area (Å²) in [6.07, 6.45) is 3.51. The molecule has 2 unspecified atom stereocenters. The van der Waals surface area contributed by atoms with E-state index >= 15 is 0 Å². The van der Waals surface area contributed by atoms with E-state index in [1.54, 1.807) is 6.07 Å². The second kappa shape index (κ2) is 6.99. The molecule has 2 rings (SSSR count). The lowest BCUT2D eigenvalue weighted by atomic mass is 10.1. The summed E-state index contributed by atoms with van der Waals surface area (Å²) in [6.45, 7) is 6.53. The minimum atomic E-state index is -0.286. The van der Waals surface area contributed by atoms with Crippen molar-refractivity contribution in [2.75, 3.05) is 25.1 Å². The first kappa shape index (κ1) is 15.2. The van der Waals surface area contributed by atoms with Gasteiger partial charge >= 0.3 is 0 Å². The molecule has 0 radical (unpaired) electrons. The molecule has 1 aromatic rings. The molecule has 0 spiro atoms. The molecule has 0 bridgehead atoms. The van der Waals surface area contributed by atoms with E-state index in [1.807, 2.05) is 7.05 Å². The van der Waals surface area contributed by atoms with Crippen LogP contribution in [0.5, 0.6) is 0 Å². The van der Waals surface area contributed by atoms with Crippen LogP contribution in [0.2, 0.25) is 0 Å². The third-order valence-corrected chi connectivity index (χ3v) is 3.82. The van der Waals surface area contributed by atoms with Crippen LogP contribution in [0.3, 0.4) is 0 Å². The van der Waals surface area contributed by atoms with Crippen molar-refractivity contribution in [2.45, 2.75) is 45.4 Å². The zero-order valence-corrected chi connectivity index (χ0v) is 12.5. The number of likely N-dealkylation sites (N-methyl/N-ethyl adjacent to an activating group) is 1. The van der Waals surface area contributed by atoms with Gasteiger partial charge in [-0.05, 0) is 32.4 Å². The number of hydrogen-bond acceptors (Lipinski definition) is 4. The zero-order valence-electron chi connectivity index (χ0n) is 12.5. The molecule has 2 atom stereocenters. The second-order valence-electron chi connectivity index (χ2n) is 5.36. The first-order valence-corrected chi connectivity index (χ1v) is 7.33. The predicted octanol–water partition coefficient (Wildman–Crippen LogP) is 2.33. The molecule has 1 aliphatic rings. The molecule has 20 heavy (non-hydrogen) atoms. The SMILES string of the molecule is CCCNCc1cc(F)cnc1N(C)C1CCOC1C. The van der Waals surface area contributed by atoms with E-state index in [-0.39, 0.29) is 11.9 Å². The normalized spacial score (nSPS) is 22.2. The molecule has 1 aromatic heterocycles. The van der Waals surface area contributed by atoms with E-state index in [1.165, 1.54) is 6.20 Å². The Morgan fingerprint density at radius 1 is 1.55 bits per heavy atom. The van der Waals surface area contributed by atoms with E-state index in [9.17, 15) is 4.39 Å². The summed E-state index contributed by atoms with van der Waals surface area (Å²) in [5.41, 5.74) is 0.903. The summed E-state index contributed by atoms with van der Waals surface area (Å²) in [5, 5.41) is 3.31. The highest BCUT2D eigenvalue weighted by Crippen LogP contribution is 2.25. The minimum absolute atomic E-state index is 0.184. The fourth-order valence-electron chi connectivity index (χ4n) is 2.71. The van der Waals surface area contributed by atoms with Gasteiger partial charge in [-0.25, -0.2) is 9.37 Å². The third-order valence-electron chi connectivity index (χ3n) is 3.82.